The minimum Gasteiger partial charge on any atom is -0.394 e. The molecule has 1 spiro atoms. The summed E-state index contributed by atoms with van der Waals surface area (Å²) in [6.07, 6.45) is 1.25. The Balaban J connectivity index is 1.77. The molecule has 0 aromatic carbocycles. The van der Waals surface area contributed by atoms with Crippen LogP contribution in [0, 0.1) is 0 Å². The van der Waals surface area contributed by atoms with Crippen LogP contribution in [0.3, 0.4) is 0 Å². The van der Waals surface area contributed by atoms with Crippen molar-refractivity contribution < 1.29 is 24.1 Å². The zero-order chi connectivity index (χ0) is 9.60. The van der Waals surface area contributed by atoms with Crippen LogP contribution in [-0.4, -0.2) is 49.2 Å². The van der Waals surface area contributed by atoms with Crippen LogP contribution < -0.4 is 0 Å². The van der Waals surface area contributed by atoms with Crippen molar-refractivity contribution in [1.82, 2.24) is 0 Å². The van der Waals surface area contributed by atoms with Gasteiger partial charge in [-0.3, -0.25) is 0 Å². The number of aliphatic hydroxyl groups excluding tert-OH is 1. The Morgan fingerprint density at radius 2 is 2.29 bits per heavy atom. The van der Waals surface area contributed by atoms with Crippen molar-refractivity contribution in [2.45, 2.75) is 37.1 Å². The largest absolute Gasteiger partial charge is 0.394 e. The van der Waals surface area contributed by atoms with Gasteiger partial charge in [-0.2, -0.15) is 0 Å². The molecule has 3 fully saturated rings. The lowest BCUT2D eigenvalue weighted by atomic mass is 10.1. The SMILES string of the molecule is OCC1COC2(CC[C@H]3CO[C@@H]2O3)O1. The first-order valence-electron chi connectivity index (χ1n) is 5.02. The van der Waals surface area contributed by atoms with Crippen LogP contribution in [0.1, 0.15) is 12.8 Å². The van der Waals surface area contributed by atoms with E-state index < -0.39 is 12.1 Å². The molecule has 2 bridgehead atoms. The van der Waals surface area contributed by atoms with Crippen LogP contribution >= 0.6 is 0 Å². The number of aliphatic hydroxyl groups is 1. The summed E-state index contributed by atoms with van der Waals surface area (Å²) in [5.41, 5.74) is 0. The number of fused-ring (bicyclic) bond motifs is 3. The summed E-state index contributed by atoms with van der Waals surface area (Å²) in [4.78, 5) is 0. The van der Waals surface area contributed by atoms with Gasteiger partial charge in [0.25, 0.3) is 0 Å². The van der Waals surface area contributed by atoms with Gasteiger partial charge < -0.3 is 24.1 Å². The first-order chi connectivity index (χ1) is 6.82. The minimum absolute atomic E-state index is 0.0160. The number of rotatable bonds is 1. The average Bonchev–Trinajstić information content (AvgIpc) is 2.77. The summed E-state index contributed by atoms with van der Waals surface area (Å²) in [5.74, 6) is -0.750. The van der Waals surface area contributed by atoms with Gasteiger partial charge in [-0.05, 0) is 6.42 Å². The molecule has 5 nitrogen and oxygen atoms in total. The molecule has 80 valence electrons. The highest BCUT2D eigenvalue weighted by atomic mass is 16.8. The van der Waals surface area contributed by atoms with Gasteiger partial charge in [-0.15, -0.1) is 0 Å². The topological polar surface area (TPSA) is 57.2 Å². The number of hydrogen-bond acceptors (Lipinski definition) is 5. The Morgan fingerprint density at radius 3 is 3.07 bits per heavy atom. The molecule has 0 aliphatic carbocycles. The molecule has 3 saturated heterocycles. The van der Waals surface area contributed by atoms with Crippen LogP contribution in [0.2, 0.25) is 0 Å². The van der Waals surface area contributed by atoms with E-state index in [1.807, 2.05) is 0 Å². The maximum absolute atomic E-state index is 8.96. The van der Waals surface area contributed by atoms with Crippen molar-refractivity contribution >= 4 is 0 Å². The van der Waals surface area contributed by atoms with Crippen LogP contribution in [0.25, 0.3) is 0 Å². The summed E-state index contributed by atoms with van der Waals surface area (Å²) in [5, 5.41) is 8.96. The van der Waals surface area contributed by atoms with Gasteiger partial charge in [-0.1, -0.05) is 0 Å². The predicted molar refractivity (Wildman–Crippen MR) is 44.5 cm³/mol. The first kappa shape index (κ1) is 9.06. The third kappa shape index (κ3) is 1.20. The quantitative estimate of drug-likeness (QED) is 0.628. The van der Waals surface area contributed by atoms with E-state index in [1.54, 1.807) is 0 Å². The summed E-state index contributed by atoms with van der Waals surface area (Å²) in [7, 11) is 0. The van der Waals surface area contributed by atoms with Crippen LogP contribution in [0.5, 0.6) is 0 Å². The second-order valence-corrected chi connectivity index (χ2v) is 4.01. The van der Waals surface area contributed by atoms with Crippen molar-refractivity contribution in [3.8, 4) is 0 Å². The minimum atomic E-state index is -0.750. The molecular formula is C9H14O5. The van der Waals surface area contributed by atoms with E-state index >= 15 is 0 Å². The van der Waals surface area contributed by atoms with Gasteiger partial charge in [0.15, 0.2) is 0 Å². The van der Waals surface area contributed by atoms with Gasteiger partial charge in [0.1, 0.15) is 6.10 Å². The molecule has 5 heteroatoms. The highest BCUT2D eigenvalue weighted by Crippen LogP contribution is 2.41. The van der Waals surface area contributed by atoms with Gasteiger partial charge >= 0.3 is 0 Å². The maximum Gasteiger partial charge on any atom is 0.221 e. The predicted octanol–water partition coefficient (Wildman–Crippen LogP) is -0.374. The second kappa shape index (κ2) is 3.15. The summed E-state index contributed by atoms with van der Waals surface area (Å²) < 4.78 is 22.3. The van der Waals surface area contributed by atoms with Crippen LogP contribution in [-0.2, 0) is 18.9 Å². The van der Waals surface area contributed by atoms with Gasteiger partial charge in [0, 0.05) is 6.42 Å². The molecule has 0 aromatic rings. The van der Waals surface area contributed by atoms with Crippen molar-refractivity contribution in [2.75, 3.05) is 19.8 Å². The normalized spacial score (nSPS) is 51.6. The summed E-state index contributed by atoms with van der Waals surface area (Å²) in [6, 6.07) is 0. The van der Waals surface area contributed by atoms with E-state index in [-0.39, 0.29) is 18.8 Å². The molecule has 1 N–H and O–H groups in total. The smallest absolute Gasteiger partial charge is 0.221 e. The fourth-order valence-electron chi connectivity index (χ4n) is 2.24. The molecule has 3 rings (SSSR count). The van der Waals surface area contributed by atoms with Crippen molar-refractivity contribution in [3.05, 3.63) is 0 Å². The third-order valence-corrected chi connectivity index (χ3v) is 3.01. The van der Waals surface area contributed by atoms with Crippen LogP contribution in [0.4, 0.5) is 0 Å². The Morgan fingerprint density at radius 1 is 1.36 bits per heavy atom. The molecule has 0 radical (unpaired) electrons. The molecule has 0 saturated carbocycles. The van der Waals surface area contributed by atoms with Crippen LogP contribution in [0.15, 0.2) is 0 Å². The zero-order valence-corrected chi connectivity index (χ0v) is 7.85. The lowest BCUT2D eigenvalue weighted by Gasteiger charge is -2.35. The van der Waals surface area contributed by atoms with E-state index in [9.17, 15) is 0 Å². The summed E-state index contributed by atoms with van der Waals surface area (Å²) >= 11 is 0. The van der Waals surface area contributed by atoms with Gasteiger partial charge in [-0.25, -0.2) is 0 Å². The molecule has 0 amide bonds. The van der Waals surface area contributed by atoms with Crippen molar-refractivity contribution in [2.24, 2.45) is 0 Å². The number of ether oxygens (including phenoxy) is 4. The molecular weight excluding hydrogens is 188 g/mol. The monoisotopic (exact) mass is 202 g/mol. The fraction of sp³-hybridized carbons (Fsp3) is 1.00. The summed E-state index contributed by atoms with van der Waals surface area (Å²) in [6.45, 7) is 1.03. The highest BCUT2D eigenvalue weighted by Gasteiger charge is 2.55. The molecule has 3 aliphatic heterocycles. The lowest BCUT2D eigenvalue weighted by Crippen LogP contribution is -2.48. The molecule has 3 aliphatic rings. The molecule has 2 unspecified atom stereocenters. The maximum atomic E-state index is 8.96. The molecule has 4 atom stereocenters. The molecule has 0 aromatic heterocycles. The van der Waals surface area contributed by atoms with Gasteiger partial charge in [0.2, 0.25) is 12.1 Å². The Kier molecular flexibility index (Phi) is 2.04. The fourth-order valence-corrected chi connectivity index (χ4v) is 2.24. The Hall–Kier alpha value is -0.200. The zero-order valence-electron chi connectivity index (χ0n) is 7.85. The van der Waals surface area contributed by atoms with E-state index in [4.69, 9.17) is 24.1 Å². The standard InChI is InChI=1S/C9H14O5/c10-3-7-5-12-9(14-7)2-1-6-4-11-8(9)13-6/h6-8,10H,1-5H2/t6-,7?,8+,9?/m0/s1. The third-order valence-electron chi connectivity index (χ3n) is 3.01. The second-order valence-electron chi connectivity index (χ2n) is 4.01. The molecule has 3 heterocycles. The van der Waals surface area contributed by atoms with Crippen molar-refractivity contribution in [1.29, 1.82) is 0 Å². The van der Waals surface area contributed by atoms with Gasteiger partial charge in [0.05, 0.1) is 25.9 Å². The first-order valence-corrected chi connectivity index (χ1v) is 5.02. The Labute approximate surface area is 81.9 Å². The van der Waals surface area contributed by atoms with E-state index in [1.165, 1.54) is 0 Å². The highest BCUT2D eigenvalue weighted by molar-refractivity contribution is 4.90. The van der Waals surface area contributed by atoms with E-state index in [0.717, 1.165) is 12.8 Å². The molecule has 14 heavy (non-hydrogen) atoms. The van der Waals surface area contributed by atoms with E-state index in [0.29, 0.717) is 13.2 Å². The number of hydrogen-bond donors (Lipinski definition) is 1. The average molecular weight is 202 g/mol. The Bertz CT molecular complexity index is 233. The van der Waals surface area contributed by atoms with E-state index in [2.05, 4.69) is 0 Å². The lowest BCUT2D eigenvalue weighted by molar-refractivity contribution is -0.309. The van der Waals surface area contributed by atoms with Crippen molar-refractivity contribution in [3.63, 3.8) is 0 Å².